The van der Waals surface area contributed by atoms with Crippen molar-refractivity contribution in [2.45, 2.75) is 17.4 Å². The fourth-order valence-corrected chi connectivity index (χ4v) is 5.70. The number of amides is 1. The van der Waals surface area contributed by atoms with Crippen LogP contribution >= 0.6 is 23.5 Å². The van der Waals surface area contributed by atoms with Crippen molar-refractivity contribution in [3.8, 4) is 11.5 Å². The summed E-state index contributed by atoms with van der Waals surface area (Å²) in [4.78, 5) is 12.0. The smallest absolute Gasteiger partial charge is 0.257 e. The van der Waals surface area contributed by atoms with Crippen LogP contribution in [0.15, 0.2) is 48.5 Å². The molecule has 0 bridgehead atoms. The molecular formula is C21H25NO3S2. The summed E-state index contributed by atoms with van der Waals surface area (Å²) >= 11 is 3.90. The molecular weight excluding hydrogens is 378 g/mol. The number of ether oxygens (including phenoxy) is 2. The lowest BCUT2D eigenvalue weighted by molar-refractivity contribution is -0.123. The molecule has 0 spiro atoms. The highest BCUT2D eigenvalue weighted by Crippen LogP contribution is 2.46. The third kappa shape index (κ3) is 6.11. The minimum atomic E-state index is -0.115. The van der Waals surface area contributed by atoms with Crippen LogP contribution in [-0.2, 0) is 11.2 Å². The van der Waals surface area contributed by atoms with Gasteiger partial charge in [-0.05, 0) is 36.1 Å². The zero-order valence-electron chi connectivity index (χ0n) is 15.5. The summed E-state index contributed by atoms with van der Waals surface area (Å²) in [7, 11) is 1.63. The predicted molar refractivity (Wildman–Crippen MR) is 114 cm³/mol. The van der Waals surface area contributed by atoms with Gasteiger partial charge in [-0.3, -0.25) is 4.79 Å². The van der Waals surface area contributed by atoms with Crippen LogP contribution in [0.25, 0.3) is 0 Å². The molecule has 1 saturated heterocycles. The molecule has 2 aromatic carbocycles. The second-order valence-electron chi connectivity index (χ2n) is 6.21. The van der Waals surface area contributed by atoms with Crippen molar-refractivity contribution in [3.63, 3.8) is 0 Å². The molecule has 0 aromatic heterocycles. The molecule has 0 radical (unpaired) electrons. The average Bonchev–Trinajstić information content (AvgIpc) is 3.25. The first-order valence-corrected chi connectivity index (χ1v) is 11.2. The first kappa shape index (κ1) is 20.0. The Balaban J connectivity index is 1.42. The van der Waals surface area contributed by atoms with Crippen molar-refractivity contribution in [1.82, 2.24) is 5.32 Å². The van der Waals surface area contributed by atoms with E-state index in [1.165, 1.54) is 22.6 Å². The van der Waals surface area contributed by atoms with Gasteiger partial charge < -0.3 is 14.8 Å². The van der Waals surface area contributed by atoms with E-state index in [0.717, 1.165) is 12.8 Å². The monoisotopic (exact) mass is 403 g/mol. The lowest BCUT2D eigenvalue weighted by atomic mass is 10.1. The fourth-order valence-electron chi connectivity index (χ4n) is 2.86. The van der Waals surface area contributed by atoms with Gasteiger partial charge in [0.2, 0.25) is 0 Å². The fraction of sp³-hybridized carbons (Fsp3) is 0.381. The number of aryl methyl sites for hydroxylation is 1. The molecule has 0 atom stereocenters. The minimum Gasteiger partial charge on any atom is -0.493 e. The number of rotatable bonds is 9. The van der Waals surface area contributed by atoms with Crippen LogP contribution in [0.4, 0.5) is 0 Å². The van der Waals surface area contributed by atoms with E-state index in [1.807, 2.05) is 53.9 Å². The standard InChI is InChI=1S/C21H25NO3S2/c1-24-19-14-17(21-26-12-13-27-21)9-10-18(19)25-15-20(23)22-11-5-8-16-6-3-2-4-7-16/h2-4,6-7,9-10,14,21H,5,8,11-13,15H2,1H3,(H,22,23). The topological polar surface area (TPSA) is 47.6 Å². The number of nitrogens with one attached hydrogen (secondary N) is 1. The summed E-state index contributed by atoms with van der Waals surface area (Å²) in [5, 5.41) is 2.91. The van der Waals surface area contributed by atoms with Crippen LogP contribution in [0.3, 0.4) is 0 Å². The van der Waals surface area contributed by atoms with E-state index >= 15 is 0 Å². The van der Waals surface area contributed by atoms with Crippen LogP contribution < -0.4 is 14.8 Å². The van der Waals surface area contributed by atoms with Crippen LogP contribution in [0.2, 0.25) is 0 Å². The van der Waals surface area contributed by atoms with Gasteiger partial charge in [-0.1, -0.05) is 36.4 Å². The van der Waals surface area contributed by atoms with Crippen LogP contribution in [0.5, 0.6) is 11.5 Å². The molecule has 6 heteroatoms. The summed E-state index contributed by atoms with van der Waals surface area (Å²) in [5.41, 5.74) is 2.52. The average molecular weight is 404 g/mol. The van der Waals surface area contributed by atoms with E-state index in [4.69, 9.17) is 9.47 Å². The largest absolute Gasteiger partial charge is 0.493 e. The quantitative estimate of drug-likeness (QED) is 0.633. The molecule has 2 aromatic rings. The molecule has 0 aliphatic carbocycles. The number of benzene rings is 2. The molecule has 27 heavy (non-hydrogen) atoms. The Labute approximate surface area is 169 Å². The van der Waals surface area contributed by atoms with Crippen molar-refractivity contribution in [1.29, 1.82) is 0 Å². The molecule has 4 nitrogen and oxygen atoms in total. The van der Waals surface area contributed by atoms with E-state index < -0.39 is 0 Å². The number of hydrogen-bond donors (Lipinski definition) is 1. The summed E-state index contributed by atoms with van der Waals surface area (Å²) in [6.07, 6.45) is 1.86. The van der Waals surface area contributed by atoms with Gasteiger partial charge in [0.05, 0.1) is 11.7 Å². The van der Waals surface area contributed by atoms with Gasteiger partial charge in [-0.15, -0.1) is 23.5 Å². The third-order valence-corrected chi connectivity index (χ3v) is 7.35. The Bertz CT molecular complexity index is 733. The maximum absolute atomic E-state index is 12.0. The molecule has 1 N–H and O–H groups in total. The molecule has 0 unspecified atom stereocenters. The SMILES string of the molecule is COc1cc(C2SCCS2)ccc1OCC(=O)NCCCc1ccccc1. The highest BCUT2D eigenvalue weighted by atomic mass is 32.2. The number of hydrogen-bond acceptors (Lipinski definition) is 5. The first-order chi connectivity index (χ1) is 13.3. The van der Waals surface area contributed by atoms with Crippen molar-refractivity contribution >= 4 is 29.4 Å². The summed E-state index contributed by atoms with van der Waals surface area (Å²) < 4.78 is 11.6. The van der Waals surface area contributed by atoms with Gasteiger partial charge in [0, 0.05) is 18.1 Å². The molecule has 1 aliphatic heterocycles. The van der Waals surface area contributed by atoms with Gasteiger partial charge in [0.1, 0.15) is 0 Å². The maximum Gasteiger partial charge on any atom is 0.257 e. The Hall–Kier alpha value is -1.79. The van der Waals surface area contributed by atoms with Gasteiger partial charge in [-0.2, -0.15) is 0 Å². The van der Waals surface area contributed by atoms with E-state index in [-0.39, 0.29) is 12.5 Å². The van der Waals surface area contributed by atoms with Crippen LogP contribution in [-0.4, -0.2) is 37.7 Å². The summed E-state index contributed by atoms with van der Waals surface area (Å²) in [6, 6.07) is 16.3. The Morgan fingerprint density at radius 3 is 2.63 bits per heavy atom. The number of methoxy groups -OCH3 is 1. The zero-order chi connectivity index (χ0) is 18.9. The van der Waals surface area contributed by atoms with Gasteiger partial charge >= 0.3 is 0 Å². The third-order valence-electron chi connectivity index (χ3n) is 4.25. The van der Waals surface area contributed by atoms with E-state index in [1.54, 1.807) is 7.11 Å². The number of thioether (sulfide) groups is 2. The Morgan fingerprint density at radius 2 is 1.89 bits per heavy atom. The number of carbonyl (C=O) groups is 1. The van der Waals surface area contributed by atoms with Crippen LogP contribution in [0, 0.1) is 0 Å². The highest BCUT2D eigenvalue weighted by molar-refractivity contribution is 8.19. The van der Waals surface area contributed by atoms with Gasteiger partial charge in [0.25, 0.3) is 5.91 Å². The first-order valence-electron chi connectivity index (χ1n) is 9.11. The molecule has 1 heterocycles. The van der Waals surface area contributed by atoms with Crippen molar-refractivity contribution < 1.29 is 14.3 Å². The maximum atomic E-state index is 12.0. The van der Waals surface area contributed by atoms with E-state index in [9.17, 15) is 4.79 Å². The number of carbonyl (C=O) groups excluding carboxylic acids is 1. The molecule has 1 fully saturated rings. The van der Waals surface area contributed by atoms with Gasteiger partial charge in [0.15, 0.2) is 18.1 Å². The predicted octanol–water partition coefficient (Wildman–Crippen LogP) is 4.30. The summed E-state index contributed by atoms with van der Waals surface area (Å²) in [6.45, 7) is 0.636. The molecule has 0 saturated carbocycles. The van der Waals surface area contributed by atoms with Crippen molar-refractivity contribution in [2.24, 2.45) is 0 Å². The Kier molecular flexibility index (Phi) is 7.78. The van der Waals surface area contributed by atoms with E-state index in [2.05, 4.69) is 23.5 Å². The van der Waals surface area contributed by atoms with E-state index in [0.29, 0.717) is 22.6 Å². The Morgan fingerprint density at radius 1 is 1.11 bits per heavy atom. The second-order valence-corrected chi connectivity index (χ2v) is 8.94. The van der Waals surface area contributed by atoms with Crippen molar-refractivity contribution in [3.05, 3.63) is 59.7 Å². The molecule has 144 valence electrons. The molecule has 1 amide bonds. The molecule has 1 aliphatic rings. The lowest BCUT2D eigenvalue weighted by Gasteiger charge is -2.14. The minimum absolute atomic E-state index is 0.00598. The van der Waals surface area contributed by atoms with Gasteiger partial charge in [-0.25, -0.2) is 0 Å². The zero-order valence-corrected chi connectivity index (χ0v) is 17.1. The highest BCUT2D eigenvalue weighted by Gasteiger charge is 2.20. The van der Waals surface area contributed by atoms with Crippen LogP contribution in [0.1, 0.15) is 22.1 Å². The van der Waals surface area contributed by atoms with Crippen molar-refractivity contribution in [2.75, 3.05) is 31.8 Å². The lowest BCUT2D eigenvalue weighted by Crippen LogP contribution is -2.30. The normalized spacial score (nSPS) is 14.1. The summed E-state index contributed by atoms with van der Waals surface area (Å²) in [5.74, 6) is 3.53. The second kappa shape index (κ2) is 10.5. The molecule has 3 rings (SSSR count).